The molecule has 2 aromatic rings. The van der Waals surface area contributed by atoms with Crippen molar-refractivity contribution in [3.05, 3.63) is 65.0 Å². The zero-order valence-electron chi connectivity index (χ0n) is 10.7. The van der Waals surface area contributed by atoms with Crippen molar-refractivity contribution in [3.8, 4) is 5.75 Å². The maximum absolute atomic E-state index is 13.6. The van der Waals surface area contributed by atoms with E-state index in [2.05, 4.69) is 0 Å². The highest BCUT2D eigenvalue weighted by Crippen LogP contribution is 2.21. The minimum absolute atomic E-state index is 0.0137. The van der Waals surface area contributed by atoms with E-state index in [1.54, 1.807) is 0 Å². The van der Waals surface area contributed by atoms with E-state index < -0.39 is 23.4 Å². The van der Waals surface area contributed by atoms with Crippen LogP contribution in [0.5, 0.6) is 5.75 Å². The van der Waals surface area contributed by atoms with Crippen LogP contribution in [-0.4, -0.2) is 5.91 Å². The number of carbonyl (C=O) groups excluding carboxylic acids is 1. The summed E-state index contributed by atoms with van der Waals surface area (Å²) < 4.78 is 45.0. The average molecular weight is 296 g/mol. The zero-order valence-corrected chi connectivity index (χ0v) is 10.7. The Kier molecular flexibility index (Phi) is 4.44. The van der Waals surface area contributed by atoms with E-state index in [-0.39, 0.29) is 23.5 Å². The van der Waals surface area contributed by atoms with Gasteiger partial charge in [0.05, 0.1) is 0 Å². The Morgan fingerprint density at radius 3 is 2.62 bits per heavy atom. The van der Waals surface area contributed by atoms with Crippen molar-refractivity contribution < 1.29 is 22.7 Å². The van der Waals surface area contributed by atoms with Crippen LogP contribution in [-0.2, 0) is 6.61 Å². The summed E-state index contributed by atoms with van der Waals surface area (Å²) in [7, 11) is 0. The number of nitrogens with one attached hydrogen (secondary N) is 1. The third-order valence-electron chi connectivity index (χ3n) is 2.74. The summed E-state index contributed by atoms with van der Waals surface area (Å²) in [5, 5.41) is 0. The molecule has 3 N–H and O–H groups in total. The van der Waals surface area contributed by atoms with Crippen molar-refractivity contribution in [2.75, 3.05) is 0 Å². The number of hydrogen-bond acceptors (Lipinski definition) is 3. The van der Waals surface area contributed by atoms with Gasteiger partial charge in [-0.15, -0.1) is 0 Å². The molecular formula is C14H11F3N2O2. The fourth-order valence-electron chi connectivity index (χ4n) is 1.66. The molecule has 0 heterocycles. The molecule has 1 amide bonds. The van der Waals surface area contributed by atoms with Gasteiger partial charge in [0.25, 0.3) is 5.91 Å². The summed E-state index contributed by atoms with van der Waals surface area (Å²) >= 11 is 0. The van der Waals surface area contributed by atoms with Crippen LogP contribution in [0.3, 0.4) is 0 Å². The first-order chi connectivity index (χ1) is 10.0. The predicted octanol–water partition coefficient (Wildman–Crippen LogP) is 2.29. The Balaban J connectivity index is 2.19. The molecule has 0 radical (unpaired) electrons. The highest BCUT2D eigenvalue weighted by Gasteiger charge is 2.12. The number of ether oxygens (including phenoxy) is 1. The van der Waals surface area contributed by atoms with E-state index in [9.17, 15) is 18.0 Å². The van der Waals surface area contributed by atoms with Crippen molar-refractivity contribution in [3.63, 3.8) is 0 Å². The van der Waals surface area contributed by atoms with Gasteiger partial charge in [-0.3, -0.25) is 10.2 Å². The van der Waals surface area contributed by atoms with Crippen LogP contribution in [0.25, 0.3) is 0 Å². The standard InChI is InChI=1S/C14H11F3N2O2/c15-10-5-4-8(14(20)19-18)6-9(10)7-21-12-3-1-2-11(16)13(12)17/h1-6H,7,18H2,(H,19,20). The van der Waals surface area contributed by atoms with Gasteiger partial charge in [-0.2, -0.15) is 4.39 Å². The molecule has 4 nitrogen and oxygen atoms in total. The summed E-state index contributed by atoms with van der Waals surface area (Å²) in [6.07, 6.45) is 0. The number of hydrogen-bond donors (Lipinski definition) is 2. The molecule has 21 heavy (non-hydrogen) atoms. The van der Waals surface area contributed by atoms with Gasteiger partial charge in [-0.1, -0.05) is 6.07 Å². The van der Waals surface area contributed by atoms with Gasteiger partial charge in [0, 0.05) is 11.1 Å². The van der Waals surface area contributed by atoms with E-state index in [0.29, 0.717) is 0 Å². The molecule has 7 heteroatoms. The van der Waals surface area contributed by atoms with Gasteiger partial charge in [-0.05, 0) is 30.3 Å². The third-order valence-corrected chi connectivity index (χ3v) is 2.74. The largest absolute Gasteiger partial charge is 0.486 e. The molecule has 0 aliphatic heterocycles. The lowest BCUT2D eigenvalue weighted by molar-refractivity contribution is 0.0953. The number of rotatable bonds is 4. The zero-order chi connectivity index (χ0) is 15.4. The van der Waals surface area contributed by atoms with Crippen LogP contribution in [0, 0.1) is 17.5 Å². The van der Waals surface area contributed by atoms with Gasteiger partial charge >= 0.3 is 0 Å². The molecule has 0 saturated heterocycles. The minimum Gasteiger partial charge on any atom is -0.486 e. The highest BCUT2D eigenvalue weighted by molar-refractivity contribution is 5.93. The first kappa shape index (κ1) is 14.9. The molecule has 0 fully saturated rings. The van der Waals surface area contributed by atoms with Gasteiger partial charge < -0.3 is 4.74 Å². The Morgan fingerprint density at radius 1 is 1.14 bits per heavy atom. The second kappa shape index (κ2) is 6.27. The third kappa shape index (κ3) is 3.32. The normalized spacial score (nSPS) is 10.3. The number of benzene rings is 2. The summed E-state index contributed by atoms with van der Waals surface area (Å²) in [4.78, 5) is 11.3. The van der Waals surface area contributed by atoms with E-state index in [1.807, 2.05) is 5.43 Å². The summed E-state index contributed by atoms with van der Waals surface area (Å²) in [6, 6.07) is 6.94. The maximum Gasteiger partial charge on any atom is 0.265 e. The van der Waals surface area contributed by atoms with Crippen LogP contribution in [0.15, 0.2) is 36.4 Å². The lowest BCUT2D eigenvalue weighted by Crippen LogP contribution is -2.30. The second-order valence-corrected chi connectivity index (χ2v) is 4.12. The summed E-state index contributed by atoms with van der Waals surface area (Å²) in [6.45, 7) is -0.363. The summed E-state index contributed by atoms with van der Waals surface area (Å²) in [5.74, 6) is 1.17. The molecular weight excluding hydrogens is 285 g/mol. The van der Waals surface area contributed by atoms with Crippen LogP contribution in [0.2, 0.25) is 0 Å². The Hall–Kier alpha value is -2.54. The maximum atomic E-state index is 13.6. The van der Waals surface area contributed by atoms with Crippen molar-refractivity contribution in [1.82, 2.24) is 5.43 Å². The number of nitrogens with two attached hydrogens (primary N) is 1. The van der Waals surface area contributed by atoms with Crippen molar-refractivity contribution in [2.24, 2.45) is 5.84 Å². The van der Waals surface area contributed by atoms with Crippen molar-refractivity contribution in [2.45, 2.75) is 6.61 Å². The van der Waals surface area contributed by atoms with Crippen LogP contribution in [0.1, 0.15) is 15.9 Å². The first-order valence-corrected chi connectivity index (χ1v) is 5.89. The van der Waals surface area contributed by atoms with Gasteiger partial charge in [0.15, 0.2) is 11.6 Å². The Labute approximate surface area is 118 Å². The number of amides is 1. The molecule has 2 aromatic carbocycles. The average Bonchev–Trinajstić information content (AvgIpc) is 2.49. The van der Waals surface area contributed by atoms with Crippen LogP contribution in [0.4, 0.5) is 13.2 Å². The van der Waals surface area contributed by atoms with Crippen molar-refractivity contribution >= 4 is 5.91 Å². The highest BCUT2D eigenvalue weighted by atomic mass is 19.2. The van der Waals surface area contributed by atoms with Gasteiger partial charge in [0.1, 0.15) is 12.4 Å². The quantitative estimate of drug-likeness (QED) is 0.517. The Morgan fingerprint density at radius 2 is 1.90 bits per heavy atom. The molecule has 0 aliphatic carbocycles. The minimum atomic E-state index is -1.16. The number of nitrogen functional groups attached to an aromatic ring is 1. The lowest BCUT2D eigenvalue weighted by Gasteiger charge is -2.09. The molecule has 110 valence electrons. The monoisotopic (exact) mass is 296 g/mol. The molecule has 0 aromatic heterocycles. The molecule has 0 aliphatic rings. The van der Waals surface area contributed by atoms with E-state index >= 15 is 0 Å². The van der Waals surface area contributed by atoms with E-state index in [1.165, 1.54) is 24.3 Å². The fraction of sp³-hybridized carbons (Fsp3) is 0.0714. The van der Waals surface area contributed by atoms with Crippen LogP contribution < -0.4 is 16.0 Å². The van der Waals surface area contributed by atoms with E-state index in [4.69, 9.17) is 10.6 Å². The number of carbonyl (C=O) groups is 1. The molecule has 0 atom stereocenters. The molecule has 0 spiro atoms. The topological polar surface area (TPSA) is 64.3 Å². The van der Waals surface area contributed by atoms with Gasteiger partial charge in [0.2, 0.25) is 5.82 Å². The SMILES string of the molecule is NNC(=O)c1ccc(F)c(COc2cccc(F)c2F)c1. The first-order valence-electron chi connectivity index (χ1n) is 5.89. The smallest absolute Gasteiger partial charge is 0.265 e. The van der Waals surface area contributed by atoms with Crippen LogP contribution >= 0.6 is 0 Å². The predicted molar refractivity (Wildman–Crippen MR) is 68.7 cm³/mol. The Bertz CT molecular complexity index is 677. The van der Waals surface area contributed by atoms with Gasteiger partial charge in [-0.25, -0.2) is 14.6 Å². The lowest BCUT2D eigenvalue weighted by atomic mass is 10.1. The second-order valence-electron chi connectivity index (χ2n) is 4.12. The van der Waals surface area contributed by atoms with Crippen molar-refractivity contribution in [1.29, 1.82) is 0 Å². The molecule has 0 bridgehead atoms. The summed E-state index contributed by atoms with van der Waals surface area (Å²) in [5.41, 5.74) is 2.04. The number of hydrazine groups is 1. The molecule has 0 unspecified atom stereocenters. The fourth-order valence-corrected chi connectivity index (χ4v) is 1.66. The number of halogens is 3. The van der Waals surface area contributed by atoms with E-state index in [0.717, 1.165) is 12.1 Å². The molecule has 2 rings (SSSR count). The molecule has 0 saturated carbocycles.